The molecule has 0 radical (unpaired) electrons. The van der Waals surface area contributed by atoms with Gasteiger partial charge in [-0.25, -0.2) is 0 Å². The number of hydrogen-bond donors (Lipinski definition) is 1. The summed E-state index contributed by atoms with van der Waals surface area (Å²) >= 11 is 0. The Hall–Kier alpha value is -3.58. The van der Waals surface area contributed by atoms with Crippen molar-refractivity contribution in [2.24, 2.45) is 0 Å². The predicted molar refractivity (Wildman–Crippen MR) is 101 cm³/mol. The number of fused-ring (bicyclic) bond motifs is 1. The number of rotatable bonds is 3. The maximum Gasteiger partial charge on any atom is 0.266 e. The molecule has 0 aliphatic carbocycles. The molecule has 1 aliphatic heterocycles. The highest BCUT2D eigenvalue weighted by Gasteiger charge is 2.13. The number of allylic oxidation sites excluding steroid dienone is 4. The Kier molecular flexibility index (Phi) is 4.77. The summed E-state index contributed by atoms with van der Waals surface area (Å²) in [6, 6.07) is 19.0. The molecule has 2 aromatic rings. The van der Waals surface area contributed by atoms with E-state index in [2.05, 4.69) is 5.32 Å². The highest BCUT2D eigenvalue weighted by Crippen LogP contribution is 2.31. The van der Waals surface area contributed by atoms with Gasteiger partial charge in [0.2, 0.25) is 0 Å². The molecule has 25 heavy (non-hydrogen) atoms. The van der Waals surface area contributed by atoms with Crippen molar-refractivity contribution in [3.05, 3.63) is 90.2 Å². The third-order valence-corrected chi connectivity index (χ3v) is 3.90. The van der Waals surface area contributed by atoms with Crippen LogP contribution in [-0.4, -0.2) is 13.0 Å². The van der Waals surface area contributed by atoms with Crippen LogP contribution in [0.2, 0.25) is 0 Å². The van der Waals surface area contributed by atoms with Gasteiger partial charge in [0.25, 0.3) is 5.91 Å². The number of carbonyl (C=O) groups is 1. The summed E-state index contributed by atoms with van der Waals surface area (Å²) in [5, 5.41) is 12.0. The van der Waals surface area contributed by atoms with Gasteiger partial charge < -0.3 is 10.2 Å². The molecule has 3 rings (SSSR count). The molecule has 122 valence electrons. The molecule has 0 fully saturated rings. The first-order valence-corrected chi connectivity index (χ1v) is 7.88. The topological polar surface area (TPSA) is 56.1 Å². The van der Waals surface area contributed by atoms with Gasteiger partial charge in [-0.05, 0) is 35.9 Å². The van der Waals surface area contributed by atoms with Gasteiger partial charge in [-0.2, -0.15) is 5.26 Å². The van der Waals surface area contributed by atoms with Crippen molar-refractivity contribution in [1.82, 2.24) is 0 Å². The van der Waals surface area contributed by atoms with Gasteiger partial charge in [-0.3, -0.25) is 4.79 Å². The lowest BCUT2D eigenvalue weighted by Crippen LogP contribution is -2.14. The average Bonchev–Trinajstić information content (AvgIpc) is 2.65. The molecule has 0 saturated carbocycles. The van der Waals surface area contributed by atoms with Crippen LogP contribution in [0, 0.1) is 11.3 Å². The minimum absolute atomic E-state index is 0.0566. The van der Waals surface area contributed by atoms with Gasteiger partial charge in [-0.15, -0.1) is 0 Å². The fourth-order valence-corrected chi connectivity index (χ4v) is 2.59. The van der Waals surface area contributed by atoms with Crippen LogP contribution in [-0.2, 0) is 4.79 Å². The zero-order valence-electron chi connectivity index (χ0n) is 13.8. The van der Waals surface area contributed by atoms with E-state index in [0.29, 0.717) is 5.69 Å². The van der Waals surface area contributed by atoms with Crippen molar-refractivity contribution in [3.8, 4) is 6.07 Å². The average molecular weight is 327 g/mol. The monoisotopic (exact) mass is 327 g/mol. The Balaban J connectivity index is 1.86. The van der Waals surface area contributed by atoms with Crippen LogP contribution in [0.1, 0.15) is 5.56 Å². The summed E-state index contributed by atoms with van der Waals surface area (Å²) in [4.78, 5) is 14.3. The van der Waals surface area contributed by atoms with Crippen LogP contribution >= 0.6 is 0 Å². The number of nitriles is 1. The lowest BCUT2D eigenvalue weighted by Gasteiger charge is -2.23. The van der Waals surface area contributed by atoms with E-state index in [-0.39, 0.29) is 5.57 Å². The molecular weight excluding hydrogens is 310 g/mol. The Labute approximate surface area is 147 Å². The SMILES string of the molecule is CN1C=CC(=CC=C(C#N)C(=O)Nc2ccccc2)c2ccccc21. The van der Waals surface area contributed by atoms with Gasteiger partial charge in [0.15, 0.2) is 0 Å². The van der Waals surface area contributed by atoms with Crippen molar-refractivity contribution in [2.45, 2.75) is 0 Å². The van der Waals surface area contributed by atoms with E-state index in [9.17, 15) is 10.1 Å². The second-order valence-corrected chi connectivity index (χ2v) is 5.58. The first-order chi connectivity index (χ1) is 12.2. The molecule has 1 aliphatic rings. The molecule has 0 saturated heterocycles. The third kappa shape index (κ3) is 3.67. The first kappa shape index (κ1) is 16.3. The Morgan fingerprint density at radius 1 is 1.12 bits per heavy atom. The van der Waals surface area contributed by atoms with Crippen LogP contribution in [0.3, 0.4) is 0 Å². The van der Waals surface area contributed by atoms with Gasteiger partial charge in [0.05, 0.1) is 0 Å². The van der Waals surface area contributed by atoms with Crippen LogP contribution < -0.4 is 10.2 Å². The maximum atomic E-state index is 12.3. The van der Waals surface area contributed by atoms with Crippen molar-refractivity contribution >= 4 is 22.9 Å². The molecule has 0 bridgehead atoms. The summed E-state index contributed by atoms with van der Waals surface area (Å²) in [5.74, 6) is -0.421. The van der Waals surface area contributed by atoms with Crippen molar-refractivity contribution < 1.29 is 4.79 Å². The number of amides is 1. The highest BCUT2D eigenvalue weighted by atomic mass is 16.1. The molecule has 1 amide bonds. The second kappa shape index (κ2) is 7.33. The van der Waals surface area contributed by atoms with Crippen LogP contribution in [0.4, 0.5) is 11.4 Å². The third-order valence-electron chi connectivity index (χ3n) is 3.90. The van der Waals surface area contributed by atoms with E-state index in [1.807, 2.05) is 72.8 Å². The molecule has 0 aromatic heterocycles. The van der Waals surface area contributed by atoms with E-state index < -0.39 is 5.91 Å². The standard InChI is InChI=1S/C21H17N3O/c1-24-14-13-16(19-9-5-6-10-20(19)24)11-12-17(15-22)21(25)23-18-7-3-2-4-8-18/h2-14H,1H3,(H,23,25). The fraction of sp³-hybridized carbons (Fsp3) is 0.0476. The molecule has 4 heteroatoms. The largest absolute Gasteiger partial charge is 0.351 e. The lowest BCUT2D eigenvalue weighted by molar-refractivity contribution is -0.112. The van der Waals surface area contributed by atoms with E-state index in [0.717, 1.165) is 16.8 Å². The zero-order chi connectivity index (χ0) is 17.6. The highest BCUT2D eigenvalue weighted by molar-refractivity contribution is 6.07. The molecule has 0 atom stereocenters. The van der Waals surface area contributed by atoms with Crippen molar-refractivity contribution in [2.75, 3.05) is 17.3 Å². The molecular formula is C21H17N3O. The maximum absolute atomic E-state index is 12.3. The number of para-hydroxylation sites is 2. The van der Waals surface area contributed by atoms with E-state index >= 15 is 0 Å². The predicted octanol–water partition coefficient (Wildman–Crippen LogP) is 4.12. The number of nitrogens with zero attached hydrogens (tertiary/aromatic N) is 2. The number of benzene rings is 2. The van der Waals surface area contributed by atoms with Crippen LogP contribution in [0.25, 0.3) is 5.57 Å². The Morgan fingerprint density at radius 3 is 2.60 bits per heavy atom. The quantitative estimate of drug-likeness (QED) is 0.681. The van der Waals surface area contributed by atoms with Crippen molar-refractivity contribution in [3.63, 3.8) is 0 Å². The molecule has 4 nitrogen and oxygen atoms in total. The summed E-state index contributed by atoms with van der Waals surface area (Å²) < 4.78 is 0. The van der Waals surface area contributed by atoms with Gasteiger partial charge in [-0.1, -0.05) is 42.5 Å². The van der Waals surface area contributed by atoms with E-state index in [1.54, 1.807) is 24.3 Å². The molecule has 1 heterocycles. The molecule has 0 unspecified atom stereocenters. The van der Waals surface area contributed by atoms with Gasteiger partial charge in [0, 0.05) is 30.2 Å². The zero-order valence-corrected chi connectivity index (χ0v) is 13.8. The summed E-state index contributed by atoms with van der Waals surface area (Å²) in [6.07, 6.45) is 7.27. The second-order valence-electron chi connectivity index (χ2n) is 5.58. The Morgan fingerprint density at radius 2 is 1.84 bits per heavy atom. The Bertz CT molecular complexity index is 918. The van der Waals surface area contributed by atoms with Crippen LogP contribution in [0.5, 0.6) is 0 Å². The summed E-state index contributed by atoms with van der Waals surface area (Å²) in [6.45, 7) is 0. The summed E-state index contributed by atoms with van der Waals surface area (Å²) in [5.41, 5.74) is 3.81. The first-order valence-electron chi connectivity index (χ1n) is 7.88. The number of anilines is 2. The van der Waals surface area contributed by atoms with Gasteiger partial charge >= 0.3 is 0 Å². The molecule has 1 N–H and O–H groups in total. The van der Waals surface area contributed by atoms with E-state index in [4.69, 9.17) is 0 Å². The minimum Gasteiger partial charge on any atom is -0.351 e. The number of hydrogen-bond acceptors (Lipinski definition) is 3. The number of nitrogens with one attached hydrogen (secondary N) is 1. The smallest absolute Gasteiger partial charge is 0.266 e. The van der Waals surface area contributed by atoms with Crippen LogP contribution in [0.15, 0.2) is 84.6 Å². The summed E-state index contributed by atoms with van der Waals surface area (Å²) in [7, 11) is 1.98. The molecule has 2 aromatic carbocycles. The fourth-order valence-electron chi connectivity index (χ4n) is 2.59. The van der Waals surface area contributed by atoms with E-state index in [1.165, 1.54) is 0 Å². The van der Waals surface area contributed by atoms with Crippen molar-refractivity contribution in [1.29, 1.82) is 5.26 Å². The lowest BCUT2D eigenvalue weighted by atomic mass is 9.99. The minimum atomic E-state index is -0.421. The normalized spacial score (nSPS) is 14.8. The number of carbonyl (C=O) groups excluding carboxylic acids is 1. The molecule has 0 spiro atoms. The van der Waals surface area contributed by atoms with Gasteiger partial charge in [0.1, 0.15) is 11.6 Å².